The summed E-state index contributed by atoms with van der Waals surface area (Å²) >= 11 is 0. The highest BCUT2D eigenvalue weighted by molar-refractivity contribution is 5.99. The van der Waals surface area contributed by atoms with Crippen LogP contribution in [0.1, 0.15) is 16.8 Å². The van der Waals surface area contributed by atoms with Crippen LogP contribution >= 0.6 is 0 Å². The predicted molar refractivity (Wildman–Crippen MR) is 81.4 cm³/mol. The molecule has 2 saturated heterocycles. The minimum Gasteiger partial charge on any atom is -0.508 e. The van der Waals surface area contributed by atoms with Crippen molar-refractivity contribution in [2.75, 3.05) is 19.6 Å². The van der Waals surface area contributed by atoms with Gasteiger partial charge in [0.25, 0.3) is 5.91 Å². The fourth-order valence-electron chi connectivity index (χ4n) is 3.57. The quantitative estimate of drug-likeness (QED) is 0.885. The van der Waals surface area contributed by atoms with Gasteiger partial charge < -0.3 is 15.3 Å². The number of hydrogen-bond acceptors (Lipinski definition) is 3. The molecule has 0 aliphatic carbocycles. The van der Waals surface area contributed by atoms with Gasteiger partial charge in [-0.05, 0) is 53.9 Å². The van der Waals surface area contributed by atoms with Gasteiger partial charge in [-0.2, -0.15) is 0 Å². The molecule has 2 aromatic carbocycles. The summed E-state index contributed by atoms with van der Waals surface area (Å²) in [6.45, 7) is 3.27. The largest absolute Gasteiger partial charge is 0.508 e. The molecule has 3 unspecified atom stereocenters. The molecule has 0 spiro atoms. The molecule has 2 aliphatic rings. The first kappa shape index (κ1) is 12.7. The molecule has 1 amide bonds. The fourth-order valence-corrected chi connectivity index (χ4v) is 3.57. The molecule has 4 nitrogen and oxygen atoms in total. The van der Waals surface area contributed by atoms with E-state index in [2.05, 4.69) is 10.2 Å². The third-order valence-corrected chi connectivity index (χ3v) is 4.74. The van der Waals surface area contributed by atoms with Crippen molar-refractivity contribution >= 4 is 16.7 Å². The summed E-state index contributed by atoms with van der Waals surface area (Å²) in [7, 11) is 0. The van der Waals surface area contributed by atoms with E-state index in [9.17, 15) is 9.90 Å². The Morgan fingerprint density at radius 3 is 2.76 bits per heavy atom. The van der Waals surface area contributed by atoms with Gasteiger partial charge in [-0.25, -0.2) is 0 Å². The summed E-state index contributed by atoms with van der Waals surface area (Å²) in [5.41, 5.74) is 0.658. The van der Waals surface area contributed by atoms with E-state index >= 15 is 0 Å². The molecule has 0 radical (unpaired) electrons. The highest BCUT2D eigenvalue weighted by Gasteiger charge is 2.38. The van der Waals surface area contributed by atoms with E-state index in [1.54, 1.807) is 12.1 Å². The molecule has 2 fully saturated rings. The van der Waals surface area contributed by atoms with Crippen molar-refractivity contribution in [3.8, 4) is 5.75 Å². The van der Waals surface area contributed by atoms with Gasteiger partial charge >= 0.3 is 0 Å². The average molecular weight is 282 g/mol. The van der Waals surface area contributed by atoms with Gasteiger partial charge in [-0.15, -0.1) is 0 Å². The number of nitrogens with zero attached hydrogens (tertiary/aromatic N) is 1. The van der Waals surface area contributed by atoms with Gasteiger partial charge in [0, 0.05) is 24.7 Å². The number of aromatic hydroxyl groups is 1. The average Bonchev–Trinajstić information content (AvgIpc) is 3.09. The lowest BCUT2D eigenvalue weighted by Crippen LogP contribution is -2.43. The second-order valence-electron chi connectivity index (χ2n) is 6.13. The zero-order valence-corrected chi connectivity index (χ0v) is 11.7. The number of carbonyl (C=O) groups is 1. The smallest absolute Gasteiger partial charge is 0.251 e. The number of hydrogen-bond donors (Lipinski definition) is 2. The van der Waals surface area contributed by atoms with Crippen LogP contribution in [-0.2, 0) is 0 Å². The molecular formula is C17H18N2O2. The minimum absolute atomic E-state index is 0.0148. The first-order valence-electron chi connectivity index (χ1n) is 7.45. The van der Waals surface area contributed by atoms with E-state index in [-0.39, 0.29) is 17.7 Å². The lowest BCUT2D eigenvalue weighted by atomic mass is 9.99. The summed E-state index contributed by atoms with van der Waals surface area (Å²) < 4.78 is 0. The van der Waals surface area contributed by atoms with Crippen molar-refractivity contribution in [3.63, 3.8) is 0 Å². The summed E-state index contributed by atoms with van der Waals surface area (Å²) in [4.78, 5) is 14.8. The maximum Gasteiger partial charge on any atom is 0.251 e. The normalized spacial score (nSPS) is 27.1. The fraction of sp³-hybridized carbons (Fsp3) is 0.353. The van der Waals surface area contributed by atoms with E-state index in [0.717, 1.165) is 23.9 Å². The van der Waals surface area contributed by atoms with Crippen molar-refractivity contribution in [1.29, 1.82) is 0 Å². The van der Waals surface area contributed by atoms with Crippen LogP contribution in [0.5, 0.6) is 5.75 Å². The Kier molecular flexibility index (Phi) is 2.86. The molecule has 3 atom stereocenters. The molecule has 0 saturated carbocycles. The molecule has 2 N–H and O–H groups in total. The second kappa shape index (κ2) is 4.74. The van der Waals surface area contributed by atoms with Crippen LogP contribution < -0.4 is 5.32 Å². The van der Waals surface area contributed by atoms with Gasteiger partial charge in [0.05, 0.1) is 0 Å². The van der Waals surface area contributed by atoms with Crippen LogP contribution in [0, 0.1) is 5.92 Å². The predicted octanol–water partition coefficient (Wildman–Crippen LogP) is 1.98. The van der Waals surface area contributed by atoms with Crippen LogP contribution in [0.25, 0.3) is 10.8 Å². The number of benzene rings is 2. The molecule has 2 aromatic rings. The summed E-state index contributed by atoms with van der Waals surface area (Å²) in [5.74, 6) is 0.818. The Morgan fingerprint density at radius 1 is 1.14 bits per heavy atom. The van der Waals surface area contributed by atoms with E-state index in [4.69, 9.17) is 0 Å². The molecule has 0 aromatic heterocycles. The van der Waals surface area contributed by atoms with Crippen LogP contribution in [0.3, 0.4) is 0 Å². The van der Waals surface area contributed by atoms with Crippen molar-refractivity contribution in [2.45, 2.75) is 12.5 Å². The molecule has 108 valence electrons. The van der Waals surface area contributed by atoms with Gasteiger partial charge in [0.1, 0.15) is 5.75 Å². The third kappa shape index (κ3) is 2.25. The standard InChI is InChI=1S/C17H18N2O2/c20-15-4-3-11-1-2-12(7-14(11)8-15)17(21)18-16-10-19-6-5-13(16)9-19/h1-4,7-8,13,16,20H,5-6,9-10H2,(H,18,21). The minimum atomic E-state index is -0.0148. The van der Waals surface area contributed by atoms with Crippen LogP contribution in [0.4, 0.5) is 0 Å². The first-order chi connectivity index (χ1) is 10.2. The number of phenolic OH excluding ortho intramolecular Hbond substituents is 1. The number of nitrogens with one attached hydrogen (secondary N) is 1. The summed E-state index contributed by atoms with van der Waals surface area (Å²) in [6, 6.07) is 11.1. The van der Waals surface area contributed by atoms with Gasteiger partial charge in [0.15, 0.2) is 0 Å². The Morgan fingerprint density at radius 2 is 2.00 bits per heavy atom. The number of phenols is 1. The number of piperidine rings is 1. The Hall–Kier alpha value is -2.07. The van der Waals surface area contributed by atoms with Crippen LogP contribution in [0.15, 0.2) is 36.4 Å². The Balaban J connectivity index is 1.56. The molecular weight excluding hydrogens is 264 g/mol. The van der Waals surface area contributed by atoms with E-state index < -0.39 is 0 Å². The molecule has 2 heterocycles. The molecule has 2 bridgehead atoms. The zero-order valence-electron chi connectivity index (χ0n) is 11.7. The molecule has 4 heteroatoms. The summed E-state index contributed by atoms with van der Waals surface area (Å²) in [5, 5.41) is 14.6. The Bertz CT molecular complexity index is 713. The number of fused-ring (bicyclic) bond motifs is 3. The number of carbonyl (C=O) groups excluding carboxylic acids is 1. The highest BCUT2D eigenvalue weighted by atomic mass is 16.3. The first-order valence-corrected chi connectivity index (χ1v) is 7.45. The zero-order chi connectivity index (χ0) is 14.4. The van der Waals surface area contributed by atoms with Gasteiger partial charge in [0.2, 0.25) is 0 Å². The molecule has 21 heavy (non-hydrogen) atoms. The summed E-state index contributed by atoms with van der Waals surface area (Å²) in [6.07, 6.45) is 1.19. The van der Waals surface area contributed by atoms with E-state index in [0.29, 0.717) is 11.5 Å². The van der Waals surface area contributed by atoms with Crippen molar-refractivity contribution in [3.05, 3.63) is 42.0 Å². The van der Waals surface area contributed by atoms with Crippen molar-refractivity contribution in [1.82, 2.24) is 10.2 Å². The number of amides is 1. The maximum absolute atomic E-state index is 12.4. The lowest BCUT2D eigenvalue weighted by Gasteiger charge is -2.23. The molecule has 2 aliphatic heterocycles. The Labute approximate surface area is 123 Å². The van der Waals surface area contributed by atoms with Crippen molar-refractivity contribution in [2.24, 2.45) is 5.92 Å². The SMILES string of the molecule is O=C(NC1CN2CCC1C2)c1ccc2ccc(O)cc2c1. The van der Waals surface area contributed by atoms with E-state index in [1.165, 1.54) is 13.0 Å². The number of rotatable bonds is 2. The maximum atomic E-state index is 12.4. The van der Waals surface area contributed by atoms with Gasteiger partial charge in [-0.3, -0.25) is 4.79 Å². The molecule has 4 rings (SSSR count). The monoisotopic (exact) mass is 282 g/mol. The van der Waals surface area contributed by atoms with Crippen LogP contribution in [-0.4, -0.2) is 41.6 Å². The topological polar surface area (TPSA) is 52.6 Å². The highest BCUT2D eigenvalue weighted by Crippen LogP contribution is 2.28. The third-order valence-electron chi connectivity index (χ3n) is 4.74. The second-order valence-corrected chi connectivity index (χ2v) is 6.13. The van der Waals surface area contributed by atoms with E-state index in [1.807, 2.05) is 24.3 Å². The lowest BCUT2D eigenvalue weighted by molar-refractivity contribution is 0.0924. The van der Waals surface area contributed by atoms with Crippen molar-refractivity contribution < 1.29 is 9.90 Å². The van der Waals surface area contributed by atoms with Crippen LogP contribution in [0.2, 0.25) is 0 Å². The van der Waals surface area contributed by atoms with Gasteiger partial charge in [-0.1, -0.05) is 12.1 Å².